The van der Waals surface area contributed by atoms with Gasteiger partial charge in [0.2, 0.25) is 11.7 Å². The summed E-state index contributed by atoms with van der Waals surface area (Å²) in [5.41, 5.74) is 1.77. The molecule has 1 N–H and O–H groups in total. The van der Waals surface area contributed by atoms with Crippen molar-refractivity contribution >= 4 is 34.5 Å². The predicted molar refractivity (Wildman–Crippen MR) is 128 cm³/mol. The maximum absolute atomic E-state index is 13.0. The van der Waals surface area contributed by atoms with Gasteiger partial charge in [0.15, 0.2) is 17.0 Å². The van der Waals surface area contributed by atoms with Crippen molar-refractivity contribution in [3.63, 3.8) is 0 Å². The van der Waals surface area contributed by atoms with Gasteiger partial charge in [-0.3, -0.25) is 9.59 Å². The third kappa shape index (κ3) is 3.12. The molecule has 0 aliphatic carbocycles. The number of anilines is 2. The van der Waals surface area contributed by atoms with Crippen molar-refractivity contribution in [1.29, 1.82) is 0 Å². The molecular weight excluding hydrogens is 432 g/mol. The molecule has 3 aromatic rings. The SMILES string of the molecule is Cn1c(C(=O)N2CCCC2)nc2c(N3CCC4(CC3)C(=O)NCN4c3ccccc3)ncnc21. The summed E-state index contributed by atoms with van der Waals surface area (Å²) in [5, 5.41) is 3.05. The van der Waals surface area contributed by atoms with E-state index in [0.29, 0.717) is 49.6 Å². The zero-order chi connectivity index (χ0) is 23.3. The van der Waals surface area contributed by atoms with Gasteiger partial charge in [0.1, 0.15) is 11.9 Å². The fourth-order valence-electron chi connectivity index (χ4n) is 5.59. The Hall–Kier alpha value is -3.69. The molecule has 0 atom stereocenters. The third-order valence-corrected chi connectivity index (χ3v) is 7.52. The van der Waals surface area contributed by atoms with E-state index >= 15 is 0 Å². The van der Waals surface area contributed by atoms with E-state index in [0.717, 1.165) is 37.4 Å². The third-order valence-electron chi connectivity index (χ3n) is 7.52. The second-order valence-electron chi connectivity index (χ2n) is 9.31. The van der Waals surface area contributed by atoms with Crippen LogP contribution in [0.1, 0.15) is 36.3 Å². The number of carbonyl (C=O) groups excluding carboxylic acids is 2. The number of carbonyl (C=O) groups is 2. The lowest BCUT2D eigenvalue weighted by atomic mass is 9.85. The first-order chi connectivity index (χ1) is 16.6. The van der Waals surface area contributed by atoms with E-state index in [9.17, 15) is 9.59 Å². The van der Waals surface area contributed by atoms with Gasteiger partial charge in [0.05, 0.1) is 6.67 Å². The Morgan fingerprint density at radius 3 is 2.50 bits per heavy atom. The lowest BCUT2D eigenvalue weighted by molar-refractivity contribution is -0.124. The average Bonchev–Trinajstić information content (AvgIpc) is 3.60. The minimum absolute atomic E-state index is 0.0531. The van der Waals surface area contributed by atoms with Gasteiger partial charge in [-0.2, -0.15) is 0 Å². The summed E-state index contributed by atoms with van der Waals surface area (Å²) in [7, 11) is 1.83. The van der Waals surface area contributed by atoms with Crippen molar-refractivity contribution in [3.8, 4) is 0 Å². The molecule has 0 saturated carbocycles. The molecule has 3 fully saturated rings. The highest BCUT2D eigenvalue weighted by Gasteiger charge is 2.50. The number of aromatic nitrogens is 4. The van der Waals surface area contributed by atoms with Crippen LogP contribution < -0.4 is 15.1 Å². The van der Waals surface area contributed by atoms with Gasteiger partial charge < -0.3 is 24.6 Å². The molecule has 2 aromatic heterocycles. The largest absolute Gasteiger partial charge is 0.354 e. The first-order valence-electron chi connectivity index (χ1n) is 11.9. The Morgan fingerprint density at radius 1 is 1.03 bits per heavy atom. The Morgan fingerprint density at radius 2 is 1.76 bits per heavy atom. The van der Waals surface area contributed by atoms with Crippen molar-refractivity contribution in [2.45, 2.75) is 31.2 Å². The van der Waals surface area contributed by atoms with Crippen LogP contribution in [-0.2, 0) is 11.8 Å². The van der Waals surface area contributed by atoms with Crippen LogP contribution in [0.25, 0.3) is 11.2 Å². The molecule has 1 aromatic carbocycles. The van der Waals surface area contributed by atoms with Crippen LogP contribution in [0.15, 0.2) is 36.7 Å². The zero-order valence-corrected chi connectivity index (χ0v) is 19.3. The fourth-order valence-corrected chi connectivity index (χ4v) is 5.59. The van der Waals surface area contributed by atoms with Gasteiger partial charge in [-0.05, 0) is 37.8 Å². The number of nitrogens with one attached hydrogen (secondary N) is 1. The van der Waals surface area contributed by atoms with Gasteiger partial charge in [-0.15, -0.1) is 0 Å². The van der Waals surface area contributed by atoms with Crippen LogP contribution in [0.3, 0.4) is 0 Å². The Kier molecular flexibility index (Phi) is 4.89. The van der Waals surface area contributed by atoms with Crippen molar-refractivity contribution < 1.29 is 9.59 Å². The van der Waals surface area contributed by atoms with E-state index < -0.39 is 5.54 Å². The van der Waals surface area contributed by atoms with E-state index in [1.807, 2.05) is 30.1 Å². The molecule has 0 radical (unpaired) electrons. The second-order valence-corrected chi connectivity index (χ2v) is 9.31. The molecule has 3 aliphatic heterocycles. The lowest BCUT2D eigenvalue weighted by Gasteiger charge is -2.43. The molecule has 6 rings (SSSR count). The van der Waals surface area contributed by atoms with Crippen LogP contribution in [-0.4, -0.2) is 74.6 Å². The first kappa shape index (κ1) is 20.9. The normalized spacial score (nSPS) is 19.9. The van der Waals surface area contributed by atoms with Crippen molar-refractivity contribution in [2.24, 2.45) is 7.05 Å². The molecule has 2 amide bonds. The molecule has 0 bridgehead atoms. The number of piperidine rings is 1. The molecule has 5 heterocycles. The number of para-hydroxylation sites is 1. The standard InChI is InChI=1S/C24H28N8O2/c1-29-19-18(28-21(29)22(33)31-11-5-6-12-31)20(26-15-25-19)30-13-9-24(10-14-30)23(34)27-16-32(24)17-7-3-2-4-8-17/h2-4,7-8,15H,5-6,9-14,16H2,1H3,(H,27,34). The van der Waals surface area contributed by atoms with Crippen LogP contribution in [0.2, 0.25) is 0 Å². The van der Waals surface area contributed by atoms with Gasteiger partial charge in [-0.1, -0.05) is 18.2 Å². The molecule has 3 aliphatic rings. The van der Waals surface area contributed by atoms with E-state index in [1.54, 1.807) is 4.57 Å². The van der Waals surface area contributed by atoms with Crippen LogP contribution in [0.5, 0.6) is 0 Å². The second kappa shape index (κ2) is 7.96. The Bertz CT molecular complexity index is 1240. The summed E-state index contributed by atoms with van der Waals surface area (Å²) < 4.78 is 1.77. The van der Waals surface area contributed by atoms with Crippen LogP contribution in [0, 0.1) is 0 Å². The first-order valence-corrected chi connectivity index (χ1v) is 11.9. The topological polar surface area (TPSA) is 99.5 Å². The summed E-state index contributed by atoms with van der Waals surface area (Å²) in [6.07, 6.45) is 4.94. The van der Waals surface area contributed by atoms with Gasteiger partial charge in [0, 0.05) is 38.9 Å². The number of hydrogen-bond donors (Lipinski definition) is 1. The molecule has 3 saturated heterocycles. The average molecular weight is 461 g/mol. The minimum Gasteiger partial charge on any atom is -0.354 e. The van der Waals surface area contributed by atoms with E-state index in [2.05, 4.69) is 37.2 Å². The van der Waals surface area contributed by atoms with Crippen molar-refractivity contribution in [1.82, 2.24) is 29.7 Å². The summed E-state index contributed by atoms with van der Waals surface area (Å²) in [5.74, 6) is 1.15. The Labute approximate surface area is 197 Å². The highest BCUT2D eigenvalue weighted by molar-refractivity contribution is 5.97. The highest BCUT2D eigenvalue weighted by atomic mass is 16.2. The number of imidazole rings is 1. The monoisotopic (exact) mass is 460 g/mol. The molecule has 10 heteroatoms. The maximum atomic E-state index is 13.0. The predicted octanol–water partition coefficient (Wildman–Crippen LogP) is 1.53. The molecule has 34 heavy (non-hydrogen) atoms. The van der Waals surface area contributed by atoms with E-state index in [1.165, 1.54) is 6.33 Å². The summed E-state index contributed by atoms with van der Waals surface area (Å²) >= 11 is 0. The van der Waals surface area contributed by atoms with Gasteiger partial charge in [0.25, 0.3) is 5.91 Å². The molecule has 10 nitrogen and oxygen atoms in total. The summed E-state index contributed by atoms with van der Waals surface area (Å²) in [6, 6.07) is 10.1. The smallest absolute Gasteiger partial charge is 0.289 e. The molecule has 0 unspecified atom stereocenters. The fraction of sp³-hybridized carbons (Fsp3) is 0.458. The molecule has 176 valence electrons. The van der Waals surface area contributed by atoms with Crippen molar-refractivity contribution in [3.05, 3.63) is 42.5 Å². The number of aryl methyl sites for hydroxylation is 1. The Balaban J connectivity index is 1.29. The number of hydrogen-bond acceptors (Lipinski definition) is 7. The molecule has 1 spiro atoms. The number of fused-ring (bicyclic) bond motifs is 1. The van der Waals surface area contributed by atoms with E-state index in [4.69, 9.17) is 4.98 Å². The zero-order valence-electron chi connectivity index (χ0n) is 19.3. The van der Waals surface area contributed by atoms with E-state index in [-0.39, 0.29) is 11.8 Å². The lowest BCUT2D eigenvalue weighted by Crippen LogP contribution is -2.56. The number of amides is 2. The van der Waals surface area contributed by atoms with Gasteiger partial charge in [-0.25, -0.2) is 15.0 Å². The number of nitrogens with zero attached hydrogens (tertiary/aromatic N) is 7. The minimum atomic E-state index is -0.564. The quantitative estimate of drug-likeness (QED) is 0.633. The molecular formula is C24H28N8O2. The number of likely N-dealkylation sites (tertiary alicyclic amines) is 1. The maximum Gasteiger partial charge on any atom is 0.289 e. The number of benzene rings is 1. The van der Waals surface area contributed by atoms with Crippen LogP contribution in [0.4, 0.5) is 11.5 Å². The van der Waals surface area contributed by atoms with Crippen molar-refractivity contribution in [2.75, 3.05) is 42.6 Å². The summed E-state index contributed by atoms with van der Waals surface area (Å²) in [6.45, 7) is 3.38. The van der Waals surface area contributed by atoms with Gasteiger partial charge >= 0.3 is 0 Å². The highest BCUT2D eigenvalue weighted by Crippen LogP contribution is 2.38. The summed E-state index contributed by atoms with van der Waals surface area (Å²) in [4.78, 5) is 45.9. The van der Waals surface area contributed by atoms with Crippen LogP contribution >= 0.6 is 0 Å². The number of rotatable bonds is 3.